The third kappa shape index (κ3) is 6.88. The van der Waals surface area contributed by atoms with Crippen LogP contribution in [0.5, 0.6) is 0 Å². The van der Waals surface area contributed by atoms with Gasteiger partial charge < -0.3 is 9.47 Å². The van der Waals surface area contributed by atoms with Crippen molar-refractivity contribution in [1.29, 1.82) is 0 Å². The molecule has 0 amide bonds. The number of hydrogen-bond donors (Lipinski definition) is 0. The highest BCUT2D eigenvalue weighted by molar-refractivity contribution is 6.22. The van der Waals surface area contributed by atoms with Gasteiger partial charge >= 0.3 is 0 Å². The summed E-state index contributed by atoms with van der Waals surface area (Å²) >= 11 is 0. The van der Waals surface area contributed by atoms with Crippen LogP contribution in [0.4, 0.5) is 17.1 Å². The van der Waals surface area contributed by atoms with Gasteiger partial charge in [0.05, 0.1) is 11.0 Å². The average molecular weight is 915 g/mol. The predicted molar refractivity (Wildman–Crippen MR) is 307 cm³/mol. The first-order valence-corrected chi connectivity index (χ1v) is 24.8. The van der Waals surface area contributed by atoms with Gasteiger partial charge in [-0.05, 0) is 154 Å². The minimum absolute atomic E-state index is 1.08. The predicted octanol–water partition coefficient (Wildman–Crippen LogP) is 19.5. The Hall–Kier alpha value is -9.50. The van der Waals surface area contributed by atoms with Crippen LogP contribution in [-0.4, -0.2) is 4.57 Å². The number of nitrogens with zero attached hydrogens (tertiary/aromatic N) is 2. The number of benzene rings is 13. The summed E-state index contributed by atoms with van der Waals surface area (Å²) in [4.78, 5) is 2.41. The van der Waals surface area contributed by atoms with Crippen molar-refractivity contribution < 1.29 is 0 Å². The van der Waals surface area contributed by atoms with Crippen molar-refractivity contribution in [2.24, 2.45) is 0 Å². The van der Waals surface area contributed by atoms with Gasteiger partial charge in [-0.3, -0.25) is 0 Å². The van der Waals surface area contributed by atoms with Gasteiger partial charge in [-0.1, -0.05) is 212 Å². The van der Waals surface area contributed by atoms with E-state index < -0.39 is 0 Å². The van der Waals surface area contributed by atoms with Crippen LogP contribution >= 0.6 is 0 Å². The molecule has 0 atom stereocenters. The summed E-state index contributed by atoms with van der Waals surface area (Å²) in [5.41, 5.74) is 16.5. The molecule has 0 fully saturated rings. The van der Waals surface area contributed by atoms with E-state index in [1.54, 1.807) is 0 Å². The number of para-hydroxylation sites is 2. The SMILES string of the molecule is c1ccc(-n2c3ccccc3c3cc(N(c4ccc(-c5cccc6ccccc56)cc4)c4ccc(-c5c6ccccc6c(-c6cccc(-c7cccc8ccccc78)c6)c6ccccc56)cc4)ccc32)cc1. The molecule has 13 aromatic carbocycles. The molecule has 2 heteroatoms. The largest absolute Gasteiger partial charge is 0.310 e. The maximum Gasteiger partial charge on any atom is 0.0542 e. The number of rotatable bonds is 8. The van der Waals surface area contributed by atoms with E-state index in [0.29, 0.717) is 0 Å². The molecule has 0 aliphatic carbocycles. The normalized spacial score (nSPS) is 11.6. The molecule has 72 heavy (non-hydrogen) atoms. The van der Waals surface area contributed by atoms with Gasteiger partial charge in [0.2, 0.25) is 0 Å². The lowest BCUT2D eigenvalue weighted by atomic mass is 9.85. The van der Waals surface area contributed by atoms with E-state index in [9.17, 15) is 0 Å². The monoisotopic (exact) mass is 914 g/mol. The van der Waals surface area contributed by atoms with Gasteiger partial charge in [-0.25, -0.2) is 0 Å². The molecule has 14 rings (SSSR count). The zero-order valence-corrected chi connectivity index (χ0v) is 39.5. The van der Waals surface area contributed by atoms with Crippen LogP contribution < -0.4 is 4.90 Å². The molecule has 0 radical (unpaired) electrons. The Kier molecular flexibility index (Phi) is 9.89. The van der Waals surface area contributed by atoms with E-state index in [0.717, 1.165) is 22.7 Å². The highest BCUT2D eigenvalue weighted by atomic mass is 15.1. The van der Waals surface area contributed by atoms with Crippen LogP contribution in [0.25, 0.3) is 115 Å². The Morgan fingerprint density at radius 2 is 0.667 bits per heavy atom. The Bertz CT molecular complexity index is 4310. The van der Waals surface area contributed by atoms with Crippen LogP contribution in [0.3, 0.4) is 0 Å². The van der Waals surface area contributed by atoms with Crippen molar-refractivity contribution in [3.8, 4) is 50.2 Å². The molecule has 0 saturated carbocycles. The van der Waals surface area contributed by atoms with Crippen LogP contribution in [0, 0.1) is 0 Å². The van der Waals surface area contributed by atoms with Gasteiger partial charge in [0.25, 0.3) is 0 Å². The summed E-state index contributed by atoms with van der Waals surface area (Å²) in [7, 11) is 0. The van der Waals surface area contributed by atoms with Crippen molar-refractivity contribution in [3.63, 3.8) is 0 Å². The molecule has 14 aromatic rings. The summed E-state index contributed by atoms with van der Waals surface area (Å²) in [5, 5.41) is 12.4. The molecule has 2 nitrogen and oxygen atoms in total. The van der Waals surface area contributed by atoms with Gasteiger partial charge in [-0.2, -0.15) is 0 Å². The highest BCUT2D eigenvalue weighted by Crippen LogP contribution is 2.46. The van der Waals surface area contributed by atoms with E-state index in [4.69, 9.17) is 0 Å². The second-order valence-electron chi connectivity index (χ2n) is 18.8. The second-order valence-corrected chi connectivity index (χ2v) is 18.8. The Morgan fingerprint density at radius 1 is 0.236 bits per heavy atom. The number of fused-ring (bicyclic) bond motifs is 7. The van der Waals surface area contributed by atoms with Gasteiger partial charge in [-0.15, -0.1) is 0 Å². The molecular weight excluding hydrogens is 869 g/mol. The summed E-state index contributed by atoms with van der Waals surface area (Å²) in [5.74, 6) is 0. The van der Waals surface area contributed by atoms with Crippen molar-refractivity contribution in [1.82, 2.24) is 4.57 Å². The fraction of sp³-hybridized carbons (Fsp3) is 0. The van der Waals surface area contributed by atoms with E-state index in [2.05, 4.69) is 289 Å². The molecule has 0 unspecified atom stereocenters. The van der Waals surface area contributed by atoms with E-state index >= 15 is 0 Å². The molecule has 0 aliphatic rings. The second kappa shape index (κ2) is 17.2. The average Bonchev–Trinajstić information content (AvgIpc) is 3.78. The third-order valence-corrected chi connectivity index (χ3v) is 14.8. The highest BCUT2D eigenvalue weighted by Gasteiger charge is 2.21. The zero-order chi connectivity index (χ0) is 47.5. The Labute approximate surface area is 418 Å². The molecule has 0 aliphatic heterocycles. The first-order chi connectivity index (χ1) is 35.7. The van der Waals surface area contributed by atoms with Crippen molar-refractivity contribution in [3.05, 3.63) is 279 Å². The maximum absolute atomic E-state index is 2.41. The van der Waals surface area contributed by atoms with Gasteiger partial charge in [0, 0.05) is 33.5 Å². The Balaban J connectivity index is 0.918. The van der Waals surface area contributed by atoms with E-state index in [-0.39, 0.29) is 0 Å². The van der Waals surface area contributed by atoms with Gasteiger partial charge in [0.15, 0.2) is 0 Å². The standard InChI is InChI=1S/C70H46N2/c1-2-23-53(24-3-1)72-67-34-13-12-27-61(67)66-46-56(43-44-68(66)72)71(54-39-35-49(36-40-54)59-32-15-19-47-17-4-6-25-57(47)59)55-41-37-50(38-42-55)69-62-28-8-10-30-64(62)70(65-31-11-9-29-63(65)69)52-22-14-21-51(45-52)60-33-16-20-48-18-5-7-26-58(48)60/h1-46H. The van der Waals surface area contributed by atoms with Crippen molar-refractivity contribution >= 4 is 82.0 Å². The topological polar surface area (TPSA) is 8.17 Å². The molecular formula is C70H46N2. The van der Waals surface area contributed by atoms with E-state index in [1.807, 2.05) is 0 Å². The fourth-order valence-corrected chi connectivity index (χ4v) is 11.5. The lowest BCUT2D eigenvalue weighted by molar-refractivity contribution is 1.18. The summed E-state index contributed by atoms with van der Waals surface area (Å²) in [6, 6.07) is 102. The third-order valence-electron chi connectivity index (χ3n) is 14.8. The lowest BCUT2D eigenvalue weighted by Gasteiger charge is -2.26. The van der Waals surface area contributed by atoms with Crippen LogP contribution in [0.1, 0.15) is 0 Å². The molecule has 0 N–H and O–H groups in total. The molecule has 1 aromatic heterocycles. The maximum atomic E-state index is 2.41. The Morgan fingerprint density at radius 3 is 1.28 bits per heavy atom. The lowest BCUT2D eigenvalue weighted by Crippen LogP contribution is -2.10. The number of anilines is 3. The zero-order valence-electron chi connectivity index (χ0n) is 39.5. The van der Waals surface area contributed by atoms with Crippen LogP contribution in [0.2, 0.25) is 0 Å². The number of aromatic nitrogens is 1. The number of hydrogen-bond acceptors (Lipinski definition) is 1. The summed E-state index contributed by atoms with van der Waals surface area (Å²) < 4.78 is 2.38. The minimum atomic E-state index is 1.08. The smallest absolute Gasteiger partial charge is 0.0542 e. The van der Waals surface area contributed by atoms with Crippen molar-refractivity contribution in [2.45, 2.75) is 0 Å². The van der Waals surface area contributed by atoms with Crippen molar-refractivity contribution in [2.75, 3.05) is 4.90 Å². The first kappa shape index (κ1) is 41.5. The minimum Gasteiger partial charge on any atom is -0.310 e. The summed E-state index contributed by atoms with van der Waals surface area (Å²) in [6.45, 7) is 0. The molecule has 0 bridgehead atoms. The van der Waals surface area contributed by atoms with E-state index in [1.165, 1.54) is 109 Å². The molecule has 0 saturated heterocycles. The molecule has 0 spiro atoms. The summed E-state index contributed by atoms with van der Waals surface area (Å²) in [6.07, 6.45) is 0. The van der Waals surface area contributed by atoms with Crippen LogP contribution in [0.15, 0.2) is 279 Å². The quantitative estimate of drug-likeness (QED) is 0.138. The van der Waals surface area contributed by atoms with Gasteiger partial charge in [0.1, 0.15) is 0 Å². The molecule has 1 heterocycles. The molecule has 336 valence electrons. The first-order valence-electron chi connectivity index (χ1n) is 24.8. The van der Waals surface area contributed by atoms with Crippen LogP contribution in [-0.2, 0) is 0 Å². The fourth-order valence-electron chi connectivity index (χ4n) is 11.5.